The molecule has 39 heavy (non-hydrogen) atoms. The highest BCUT2D eigenvalue weighted by molar-refractivity contribution is 9.08. The lowest BCUT2D eigenvalue weighted by Crippen LogP contribution is -2.07. The molecule has 0 aliphatic rings. The Balaban J connectivity index is 1.55. The maximum Gasteiger partial charge on any atom is 0.206 e. The van der Waals surface area contributed by atoms with Crippen LogP contribution in [0.2, 0.25) is 0 Å². The van der Waals surface area contributed by atoms with Gasteiger partial charge in [-0.1, -0.05) is 75.2 Å². The molecule has 4 aromatic carbocycles. The standard InChI is InChI=1S/C32H32Br2O4S/c1-4-17-37-31-15-9-25(18-27(31)20-33)23-5-11-29(12-6-23)39(35,36)30-13-7-24(8-14-30)26-10-16-32(38-22(2)3)28(19-26)21-34/h5-16,18-19,22H,4,17,20-21H2,1-3H3. The molecule has 0 spiro atoms. The van der Waals surface area contributed by atoms with Gasteiger partial charge < -0.3 is 9.47 Å². The second-order valence-corrected chi connectivity index (χ2v) is 12.6. The van der Waals surface area contributed by atoms with Gasteiger partial charge in [0.15, 0.2) is 0 Å². The van der Waals surface area contributed by atoms with Crippen molar-refractivity contribution in [1.29, 1.82) is 0 Å². The van der Waals surface area contributed by atoms with Crippen LogP contribution in [0, 0.1) is 0 Å². The largest absolute Gasteiger partial charge is 0.493 e. The fraction of sp³-hybridized carbons (Fsp3) is 0.250. The van der Waals surface area contributed by atoms with Crippen LogP contribution in [0.1, 0.15) is 38.3 Å². The van der Waals surface area contributed by atoms with E-state index in [1.54, 1.807) is 24.3 Å². The smallest absolute Gasteiger partial charge is 0.206 e. The Hall–Kier alpha value is -2.61. The van der Waals surface area contributed by atoms with Crippen molar-refractivity contribution in [2.75, 3.05) is 6.61 Å². The first-order valence-corrected chi connectivity index (χ1v) is 16.6. The summed E-state index contributed by atoms with van der Waals surface area (Å²) in [7, 11) is -3.65. The minimum Gasteiger partial charge on any atom is -0.493 e. The Bertz CT molecular complexity index is 1510. The first-order chi connectivity index (χ1) is 18.8. The highest BCUT2D eigenvalue weighted by atomic mass is 79.9. The molecule has 0 fully saturated rings. The third-order valence-electron chi connectivity index (χ3n) is 6.23. The van der Waals surface area contributed by atoms with E-state index in [0.717, 1.165) is 51.3 Å². The fourth-order valence-corrected chi connectivity index (χ4v) is 6.38. The van der Waals surface area contributed by atoms with Gasteiger partial charge in [-0.05, 0) is 91.1 Å². The number of halogens is 2. The summed E-state index contributed by atoms with van der Waals surface area (Å²) in [5, 5.41) is 1.34. The summed E-state index contributed by atoms with van der Waals surface area (Å²) in [6, 6.07) is 26.2. The molecule has 4 nitrogen and oxygen atoms in total. The van der Waals surface area contributed by atoms with Gasteiger partial charge in [0.05, 0.1) is 22.5 Å². The molecule has 7 heteroatoms. The zero-order chi connectivity index (χ0) is 28.0. The van der Waals surface area contributed by atoms with E-state index in [4.69, 9.17) is 9.47 Å². The summed E-state index contributed by atoms with van der Waals surface area (Å²) in [6.07, 6.45) is 1.03. The number of alkyl halides is 2. The second kappa shape index (κ2) is 13.2. The van der Waals surface area contributed by atoms with Gasteiger partial charge >= 0.3 is 0 Å². The van der Waals surface area contributed by atoms with E-state index in [9.17, 15) is 8.42 Å². The maximum atomic E-state index is 13.4. The van der Waals surface area contributed by atoms with Crippen LogP contribution >= 0.6 is 31.9 Å². The molecular weight excluding hydrogens is 640 g/mol. The first kappa shape index (κ1) is 29.4. The van der Waals surface area contributed by atoms with E-state index >= 15 is 0 Å². The fourth-order valence-electron chi connectivity index (χ4n) is 4.24. The minimum absolute atomic E-state index is 0.0877. The van der Waals surface area contributed by atoms with E-state index < -0.39 is 9.84 Å². The Kier molecular flexibility index (Phi) is 9.91. The summed E-state index contributed by atoms with van der Waals surface area (Å²) in [6.45, 7) is 6.75. The van der Waals surface area contributed by atoms with Crippen LogP contribution < -0.4 is 9.47 Å². The third kappa shape index (κ3) is 6.94. The van der Waals surface area contributed by atoms with Crippen molar-refractivity contribution < 1.29 is 17.9 Å². The normalized spacial score (nSPS) is 11.5. The van der Waals surface area contributed by atoms with Crippen molar-refractivity contribution in [3.8, 4) is 33.8 Å². The Morgan fingerprint density at radius 1 is 0.667 bits per heavy atom. The molecule has 0 N–H and O–H groups in total. The number of sulfone groups is 1. The molecule has 0 radical (unpaired) electrons. The number of hydrogen-bond donors (Lipinski definition) is 0. The molecule has 4 aromatic rings. The highest BCUT2D eigenvalue weighted by Crippen LogP contribution is 2.32. The van der Waals surface area contributed by atoms with Crippen molar-refractivity contribution in [3.05, 3.63) is 96.1 Å². The van der Waals surface area contributed by atoms with Gasteiger partial charge in [-0.25, -0.2) is 8.42 Å². The molecule has 0 aliphatic heterocycles. The third-order valence-corrected chi connectivity index (χ3v) is 9.22. The van der Waals surface area contributed by atoms with Crippen molar-refractivity contribution in [2.45, 2.75) is 53.7 Å². The molecular formula is C32H32Br2O4S. The van der Waals surface area contributed by atoms with Crippen LogP contribution in [-0.4, -0.2) is 21.1 Å². The van der Waals surface area contributed by atoms with E-state index in [1.165, 1.54) is 0 Å². The summed E-state index contributed by atoms with van der Waals surface area (Å²) >= 11 is 7.08. The van der Waals surface area contributed by atoms with Gasteiger partial charge in [0, 0.05) is 21.8 Å². The lowest BCUT2D eigenvalue weighted by molar-refractivity contribution is 0.240. The molecule has 204 valence electrons. The molecule has 0 saturated carbocycles. The lowest BCUT2D eigenvalue weighted by atomic mass is 10.0. The van der Waals surface area contributed by atoms with Crippen LogP contribution in [0.25, 0.3) is 22.3 Å². The van der Waals surface area contributed by atoms with Crippen LogP contribution in [0.5, 0.6) is 11.5 Å². The second-order valence-electron chi connectivity index (χ2n) is 9.48. The predicted molar refractivity (Wildman–Crippen MR) is 166 cm³/mol. The van der Waals surface area contributed by atoms with Crippen molar-refractivity contribution >= 4 is 41.7 Å². The Morgan fingerprint density at radius 3 is 1.54 bits per heavy atom. The SMILES string of the molecule is CCCOc1ccc(-c2ccc(S(=O)(=O)c3ccc(-c4ccc(OC(C)C)c(CBr)c4)cc3)cc2)cc1CBr. The van der Waals surface area contributed by atoms with E-state index in [-0.39, 0.29) is 15.9 Å². The van der Waals surface area contributed by atoms with Crippen molar-refractivity contribution in [1.82, 2.24) is 0 Å². The Labute approximate surface area is 248 Å². The van der Waals surface area contributed by atoms with Gasteiger partial charge in [0.1, 0.15) is 11.5 Å². The summed E-state index contributed by atoms with van der Waals surface area (Å²) in [5.41, 5.74) is 6.00. The molecule has 0 atom stereocenters. The zero-order valence-corrected chi connectivity index (χ0v) is 26.3. The lowest BCUT2D eigenvalue weighted by Gasteiger charge is -2.14. The minimum atomic E-state index is -3.65. The molecule has 4 rings (SSSR count). The number of ether oxygens (including phenoxy) is 2. The summed E-state index contributed by atoms with van der Waals surface area (Å²) in [5.74, 6) is 1.71. The number of hydrogen-bond acceptors (Lipinski definition) is 4. The number of benzene rings is 4. The summed E-state index contributed by atoms with van der Waals surface area (Å²) < 4.78 is 38.5. The molecule has 0 heterocycles. The van der Waals surface area contributed by atoms with E-state index in [0.29, 0.717) is 17.3 Å². The predicted octanol–water partition coefficient (Wildman–Crippen LogP) is 9.22. The molecule has 0 amide bonds. The first-order valence-electron chi connectivity index (χ1n) is 12.9. The monoisotopic (exact) mass is 670 g/mol. The highest BCUT2D eigenvalue weighted by Gasteiger charge is 2.18. The molecule has 0 aromatic heterocycles. The van der Waals surface area contributed by atoms with Gasteiger partial charge in [0.2, 0.25) is 9.84 Å². The van der Waals surface area contributed by atoms with Gasteiger partial charge in [-0.2, -0.15) is 0 Å². The number of rotatable bonds is 11. The van der Waals surface area contributed by atoms with Crippen LogP contribution in [-0.2, 0) is 20.5 Å². The Morgan fingerprint density at radius 2 is 1.10 bits per heavy atom. The van der Waals surface area contributed by atoms with E-state index in [1.807, 2.05) is 62.4 Å². The topological polar surface area (TPSA) is 52.6 Å². The molecule has 0 bridgehead atoms. The van der Waals surface area contributed by atoms with Gasteiger partial charge in [-0.3, -0.25) is 0 Å². The average molecular weight is 672 g/mol. The summed E-state index contributed by atoms with van der Waals surface area (Å²) in [4.78, 5) is 0.526. The molecule has 0 aliphatic carbocycles. The van der Waals surface area contributed by atoms with Gasteiger partial charge in [-0.15, -0.1) is 0 Å². The molecule has 0 saturated heterocycles. The van der Waals surface area contributed by atoms with Crippen LogP contribution in [0.3, 0.4) is 0 Å². The van der Waals surface area contributed by atoms with Crippen molar-refractivity contribution in [3.63, 3.8) is 0 Å². The average Bonchev–Trinajstić information content (AvgIpc) is 2.96. The molecule has 0 unspecified atom stereocenters. The van der Waals surface area contributed by atoms with Crippen LogP contribution in [0.15, 0.2) is 94.7 Å². The van der Waals surface area contributed by atoms with E-state index in [2.05, 4.69) is 50.9 Å². The van der Waals surface area contributed by atoms with Crippen LogP contribution in [0.4, 0.5) is 0 Å². The van der Waals surface area contributed by atoms with Crippen molar-refractivity contribution in [2.24, 2.45) is 0 Å². The van der Waals surface area contributed by atoms with Gasteiger partial charge in [0.25, 0.3) is 0 Å². The maximum absolute atomic E-state index is 13.4. The zero-order valence-electron chi connectivity index (χ0n) is 22.3. The quantitative estimate of drug-likeness (QED) is 0.149.